The Labute approximate surface area is 131 Å². The van der Waals surface area contributed by atoms with Crippen LogP contribution in [0.5, 0.6) is 0 Å². The molecule has 0 radical (unpaired) electrons. The number of rotatable bonds is 5. The van der Waals surface area contributed by atoms with E-state index < -0.39 is 0 Å². The number of carbonyl (C=O) groups excluding carboxylic acids is 1. The van der Waals surface area contributed by atoms with Gasteiger partial charge in [0.1, 0.15) is 0 Å². The lowest BCUT2D eigenvalue weighted by molar-refractivity contribution is 0.112. The summed E-state index contributed by atoms with van der Waals surface area (Å²) >= 11 is 0. The van der Waals surface area contributed by atoms with Crippen LogP contribution < -0.4 is 5.56 Å². The van der Waals surface area contributed by atoms with Gasteiger partial charge < -0.3 is 4.57 Å². The summed E-state index contributed by atoms with van der Waals surface area (Å²) in [4.78, 5) is 23.5. The number of aldehydes is 1. The van der Waals surface area contributed by atoms with E-state index in [4.69, 9.17) is 0 Å². The Morgan fingerprint density at radius 1 is 1.00 bits per heavy atom. The minimum atomic E-state index is -0.214. The molecular formula is C19H23NO2. The molecule has 0 amide bonds. The average Bonchev–Trinajstić information content (AvgIpc) is 2.49. The topological polar surface area (TPSA) is 39.1 Å². The van der Waals surface area contributed by atoms with Gasteiger partial charge in [-0.25, -0.2) is 0 Å². The van der Waals surface area contributed by atoms with E-state index in [1.807, 2.05) is 18.2 Å². The van der Waals surface area contributed by atoms with E-state index in [-0.39, 0.29) is 11.1 Å². The van der Waals surface area contributed by atoms with Gasteiger partial charge in [-0.2, -0.15) is 0 Å². The molecule has 0 saturated heterocycles. The Morgan fingerprint density at radius 2 is 1.64 bits per heavy atom. The van der Waals surface area contributed by atoms with Crippen LogP contribution in [0.15, 0.2) is 41.2 Å². The van der Waals surface area contributed by atoms with Crippen LogP contribution in [0.25, 0.3) is 11.3 Å². The fourth-order valence-corrected chi connectivity index (χ4v) is 2.52. The predicted octanol–water partition coefficient (Wildman–Crippen LogP) is 4.11. The SMILES string of the molecule is CC(C)Cn1c(-c2ccc(C(C)C)cc2)ccc(C=O)c1=O. The Balaban J connectivity index is 2.56. The lowest BCUT2D eigenvalue weighted by atomic mass is 10.00. The van der Waals surface area contributed by atoms with Crippen molar-refractivity contribution in [1.29, 1.82) is 0 Å². The molecule has 1 aromatic heterocycles. The summed E-state index contributed by atoms with van der Waals surface area (Å²) in [6.07, 6.45) is 0.630. The Morgan fingerprint density at radius 3 is 2.14 bits per heavy atom. The summed E-state index contributed by atoms with van der Waals surface area (Å²) in [5, 5.41) is 0. The first kappa shape index (κ1) is 16.2. The van der Waals surface area contributed by atoms with E-state index in [2.05, 4.69) is 39.8 Å². The lowest BCUT2D eigenvalue weighted by Crippen LogP contribution is -2.26. The maximum absolute atomic E-state index is 12.4. The molecule has 116 valence electrons. The summed E-state index contributed by atoms with van der Waals surface area (Å²) in [5.74, 6) is 0.803. The normalized spacial score (nSPS) is 11.2. The molecule has 0 aliphatic rings. The molecule has 0 unspecified atom stereocenters. The highest BCUT2D eigenvalue weighted by Gasteiger charge is 2.11. The summed E-state index contributed by atoms with van der Waals surface area (Å²) in [6, 6.07) is 11.7. The Bertz CT molecular complexity index is 709. The van der Waals surface area contributed by atoms with E-state index in [9.17, 15) is 9.59 Å². The van der Waals surface area contributed by atoms with Crippen LogP contribution in [0.4, 0.5) is 0 Å². The molecule has 1 heterocycles. The number of aromatic nitrogens is 1. The second-order valence-corrected chi connectivity index (χ2v) is 6.38. The van der Waals surface area contributed by atoms with Crippen LogP contribution in [-0.4, -0.2) is 10.9 Å². The molecular weight excluding hydrogens is 274 g/mol. The summed E-state index contributed by atoms with van der Waals surface area (Å²) in [5.41, 5.74) is 3.13. The fourth-order valence-electron chi connectivity index (χ4n) is 2.52. The lowest BCUT2D eigenvalue weighted by Gasteiger charge is -2.16. The number of benzene rings is 1. The third-order valence-corrected chi connectivity index (χ3v) is 3.75. The van der Waals surface area contributed by atoms with Gasteiger partial charge in [0.25, 0.3) is 5.56 Å². The second kappa shape index (κ2) is 6.73. The summed E-state index contributed by atoms with van der Waals surface area (Å²) in [7, 11) is 0. The van der Waals surface area contributed by atoms with Crippen molar-refractivity contribution >= 4 is 6.29 Å². The van der Waals surface area contributed by atoms with Gasteiger partial charge in [0.05, 0.1) is 11.3 Å². The summed E-state index contributed by atoms with van der Waals surface area (Å²) < 4.78 is 1.71. The van der Waals surface area contributed by atoms with Crippen molar-refractivity contribution in [3.05, 3.63) is 57.9 Å². The van der Waals surface area contributed by atoms with Gasteiger partial charge >= 0.3 is 0 Å². The Hall–Kier alpha value is -2.16. The highest BCUT2D eigenvalue weighted by molar-refractivity contribution is 5.75. The molecule has 2 aromatic rings. The number of hydrogen-bond donors (Lipinski definition) is 0. The number of carbonyl (C=O) groups is 1. The van der Waals surface area contributed by atoms with Gasteiger partial charge in [0.15, 0.2) is 6.29 Å². The predicted molar refractivity (Wildman–Crippen MR) is 90.5 cm³/mol. The van der Waals surface area contributed by atoms with E-state index in [1.54, 1.807) is 10.6 Å². The molecule has 0 spiro atoms. The second-order valence-electron chi connectivity index (χ2n) is 6.38. The molecule has 0 atom stereocenters. The zero-order valence-electron chi connectivity index (χ0n) is 13.7. The molecule has 3 nitrogen and oxygen atoms in total. The first-order chi connectivity index (χ1) is 10.4. The Kier molecular flexibility index (Phi) is 4.96. The minimum absolute atomic E-state index is 0.211. The van der Waals surface area contributed by atoms with Crippen LogP contribution in [0.3, 0.4) is 0 Å². The van der Waals surface area contributed by atoms with Gasteiger partial charge in [0.2, 0.25) is 0 Å². The zero-order valence-corrected chi connectivity index (χ0v) is 13.7. The van der Waals surface area contributed by atoms with Crippen molar-refractivity contribution in [3.63, 3.8) is 0 Å². The van der Waals surface area contributed by atoms with Gasteiger partial charge in [-0.1, -0.05) is 52.0 Å². The third-order valence-electron chi connectivity index (χ3n) is 3.75. The largest absolute Gasteiger partial charge is 0.307 e. The van der Waals surface area contributed by atoms with Gasteiger partial charge in [-0.15, -0.1) is 0 Å². The molecule has 0 aliphatic carbocycles. The first-order valence-electron chi connectivity index (χ1n) is 7.73. The highest BCUT2D eigenvalue weighted by atomic mass is 16.1. The van der Waals surface area contributed by atoms with Crippen LogP contribution in [0.1, 0.15) is 49.5 Å². The first-order valence-corrected chi connectivity index (χ1v) is 7.73. The highest BCUT2D eigenvalue weighted by Crippen LogP contribution is 2.22. The van der Waals surface area contributed by atoms with Crippen LogP contribution >= 0.6 is 0 Å². The third kappa shape index (κ3) is 3.35. The number of hydrogen-bond acceptors (Lipinski definition) is 2. The van der Waals surface area contributed by atoms with Gasteiger partial charge in [0, 0.05) is 6.54 Å². The zero-order chi connectivity index (χ0) is 16.3. The molecule has 2 rings (SSSR count). The van der Waals surface area contributed by atoms with Gasteiger partial charge in [-0.05, 0) is 35.1 Å². The quantitative estimate of drug-likeness (QED) is 0.779. The molecule has 22 heavy (non-hydrogen) atoms. The molecule has 0 saturated carbocycles. The fraction of sp³-hybridized carbons (Fsp3) is 0.368. The minimum Gasteiger partial charge on any atom is -0.307 e. The van der Waals surface area contributed by atoms with Crippen molar-refractivity contribution in [1.82, 2.24) is 4.57 Å². The maximum atomic E-state index is 12.4. The van der Waals surface area contributed by atoms with Gasteiger partial charge in [-0.3, -0.25) is 9.59 Å². The van der Waals surface area contributed by atoms with Crippen molar-refractivity contribution in [2.75, 3.05) is 0 Å². The van der Waals surface area contributed by atoms with E-state index >= 15 is 0 Å². The van der Waals surface area contributed by atoms with Crippen molar-refractivity contribution < 1.29 is 4.79 Å². The maximum Gasteiger partial charge on any atom is 0.261 e. The molecule has 0 bridgehead atoms. The monoisotopic (exact) mass is 297 g/mol. The van der Waals surface area contributed by atoms with Crippen molar-refractivity contribution in [2.24, 2.45) is 5.92 Å². The van der Waals surface area contributed by atoms with Crippen molar-refractivity contribution in [3.8, 4) is 11.3 Å². The number of pyridine rings is 1. The molecule has 0 fully saturated rings. The van der Waals surface area contributed by atoms with E-state index in [0.29, 0.717) is 24.7 Å². The van der Waals surface area contributed by atoms with Crippen LogP contribution in [0.2, 0.25) is 0 Å². The molecule has 0 aliphatic heterocycles. The number of nitrogens with zero attached hydrogens (tertiary/aromatic N) is 1. The molecule has 0 N–H and O–H groups in total. The standard InChI is InChI=1S/C19H23NO2/c1-13(2)11-20-18(10-9-17(12-21)19(20)22)16-7-5-15(6-8-16)14(3)4/h5-10,12-14H,11H2,1-4H3. The summed E-state index contributed by atoms with van der Waals surface area (Å²) in [6.45, 7) is 9.03. The smallest absolute Gasteiger partial charge is 0.261 e. The molecule has 1 aromatic carbocycles. The average molecular weight is 297 g/mol. The van der Waals surface area contributed by atoms with E-state index in [0.717, 1.165) is 11.3 Å². The van der Waals surface area contributed by atoms with Crippen LogP contribution in [0, 0.1) is 5.92 Å². The van der Waals surface area contributed by atoms with Crippen LogP contribution in [-0.2, 0) is 6.54 Å². The van der Waals surface area contributed by atoms with Crippen molar-refractivity contribution in [2.45, 2.75) is 40.2 Å². The molecule has 3 heteroatoms. The van der Waals surface area contributed by atoms with E-state index in [1.165, 1.54) is 5.56 Å².